The maximum atomic E-state index is 12.1. The van der Waals surface area contributed by atoms with Crippen LogP contribution < -0.4 is 16.0 Å². The average Bonchev–Trinajstić information content (AvgIpc) is 2.49. The number of benzene rings is 1. The molecule has 0 fully saturated rings. The minimum atomic E-state index is -0.518. The van der Waals surface area contributed by atoms with Gasteiger partial charge in [-0.05, 0) is 44.5 Å². The molecular formula is C17H26N4O3. The van der Waals surface area contributed by atoms with Crippen molar-refractivity contribution >= 4 is 23.5 Å². The smallest absolute Gasteiger partial charge is 0.321 e. The molecular weight excluding hydrogens is 308 g/mol. The van der Waals surface area contributed by atoms with Gasteiger partial charge in [-0.15, -0.1) is 0 Å². The number of nitrogens with zero attached hydrogens (tertiary/aromatic N) is 1. The molecule has 0 spiro atoms. The van der Waals surface area contributed by atoms with Crippen LogP contribution in [-0.4, -0.2) is 49.4 Å². The highest BCUT2D eigenvalue weighted by Gasteiger charge is 2.13. The molecule has 0 aliphatic rings. The van der Waals surface area contributed by atoms with Crippen molar-refractivity contribution in [1.82, 2.24) is 15.5 Å². The van der Waals surface area contributed by atoms with Gasteiger partial charge in [-0.2, -0.15) is 0 Å². The number of carbonyl (C=O) groups excluding carboxylic acids is 3. The van der Waals surface area contributed by atoms with E-state index in [1.807, 2.05) is 39.0 Å². The van der Waals surface area contributed by atoms with Crippen molar-refractivity contribution in [2.75, 3.05) is 32.0 Å². The zero-order valence-electron chi connectivity index (χ0n) is 14.7. The molecule has 0 radical (unpaired) electrons. The third-order valence-corrected chi connectivity index (χ3v) is 3.49. The van der Waals surface area contributed by atoms with E-state index >= 15 is 0 Å². The van der Waals surface area contributed by atoms with Gasteiger partial charge in [0.2, 0.25) is 11.8 Å². The Morgan fingerprint density at radius 2 is 1.75 bits per heavy atom. The normalized spacial score (nSPS) is 10.4. The van der Waals surface area contributed by atoms with Gasteiger partial charge < -0.3 is 10.6 Å². The summed E-state index contributed by atoms with van der Waals surface area (Å²) in [5.74, 6) is -0.667. The zero-order valence-corrected chi connectivity index (χ0v) is 14.7. The van der Waals surface area contributed by atoms with Crippen molar-refractivity contribution in [3.8, 4) is 0 Å². The first-order valence-corrected chi connectivity index (χ1v) is 7.95. The van der Waals surface area contributed by atoms with Gasteiger partial charge in [0, 0.05) is 12.2 Å². The molecule has 0 aliphatic heterocycles. The monoisotopic (exact) mass is 334 g/mol. The Balaban J connectivity index is 2.42. The molecule has 0 aliphatic carbocycles. The predicted octanol–water partition coefficient (Wildman–Crippen LogP) is 1.41. The highest BCUT2D eigenvalue weighted by molar-refractivity contribution is 5.96. The highest BCUT2D eigenvalue weighted by atomic mass is 16.2. The van der Waals surface area contributed by atoms with Gasteiger partial charge in [-0.3, -0.25) is 19.8 Å². The maximum absolute atomic E-state index is 12.1. The van der Waals surface area contributed by atoms with Gasteiger partial charge in [0.05, 0.1) is 13.1 Å². The number of urea groups is 1. The van der Waals surface area contributed by atoms with Crippen molar-refractivity contribution < 1.29 is 14.4 Å². The van der Waals surface area contributed by atoms with Gasteiger partial charge in [0.25, 0.3) is 0 Å². The van der Waals surface area contributed by atoms with Crippen LogP contribution >= 0.6 is 0 Å². The van der Waals surface area contributed by atoms with Crippen molar-refractivity contribution in [2.24, 2.45) is 0 Å². The maximum Gasteiger partial charge on any atom is 0.321 e. The van der Waals surface area contributed by atoms with Crippen molar-refractivity contribution in [2.45, 2.75) is 27.2 Å². The molecule has 132 valence electrons. The minimum absolute atomic E-state index is 0.0419. The van der Waals surface area contributed by atoms with E-state index in [-0.39, 0.29) is 19.0 Å². The van der Waals surface area contributed by atoms with Crippen LogP contribution in [0.4, 0.5) is 10.5 Å². The number of hydrogen-bond acceptors (Lipinski definition) is 4. The first kappa shape index (κ1) is 19.6. The van der Waals surface area contributed by atoms with E-state index < -0.39 is 11.9 Å². The lowest BCUT2D eigenvalue weighted by Gasteiger charge is -2.17. The van der Waals surface area contributed by atoms with Crippen molar-refractivity contribution in [3.05, 3.63) is 29.3 Å². The first-order valence-electron chi connectivity index (χ1n) is 7.95. The third kappa shape index (κ3) is 6.78. The van der Waals surface area contributed by atoms with Gasteiger partial charge in [-0.25, -0.2) is 4.79 Å². The van der Waals surface area contributed by atoms with Crippen LogP contribution in [0, 0.1) is 13.8 Å². The molecule has 0 atom stereocenters. The number of carbonyl (C=O) groups is 3. The Kier molecular flexibility index (Phi) is 7.91. The molecule has 0 bridgehead atoms. The number of nitrogens with one attached hydrogen (secondary N) is 3. The standard InChI is InChI=1S/C17H26N4O3/c1-5-9-18-17(24)20-16(23)11-21(4)10-15(22)19-14-8-6-7-12(2)13(14)3/h6-8H,5,9-11H2,1-4H3,(H,19,22)(H2,18,20,23,24). The molecule has 0 saturated carbocycles. The Morgan fingerprint density at radius 1 is 1.08 bits per heavy atom. The SMILES string of the molecule is CCCNC(=O)NC(=O)CN(C)CC(=O)Nc1cccc(C)c1C. The third-order valence-electron chi connectivity index (χ3n) is 3.49. The molecule has 7 nitrogen and oxygen atoms in total. The largest absolute Gasteiger partial charge is 0.338 e. The number of rotatable bonds is 7. The first-order chi connectivity index (χ1) is 11.3. The lowest BCUT2D eigenvalue weighted by molar-refractivity contribution is -0.122. The number of likely N-dealkylation sites (N-methyl/N-ethyl adjacent to an activating group) is 1. The summed E-state index contributed by atoms with van der Waals surface area (Å²) in [6.45, 7) is 6.36. The van der Waals surface area contributed by atoms with E-state index in [4.69, 9.17) is 0 Å². The topological polar surface area (TPSA) is 90.5 Å². The highest BCUT2D eigenvalue weighted by Crippen LogP contribution is 2.17. The summed E-state index contributed by atoms with van der Waals surface area (Å²) in [6, 6.07) is 5.18. The Morgan fingerprint density at radius 3 is 2.42 bits per heavy atom. The van der Waals surface area contributed by atoms with Crippen LogP contribution in [-0.2, 0) is 9.59 Å². The van der Waals surface area contributed by atoms with Crippen LogP contribution in [0.25, 0.3) is 0 Å². The predicted molar refractivity (Wildman–Crippen MR) is 93.9 cm³/mol. The summed E-state index contributed by atoms with van der Waals surface area (Å²) in [6.07, 6.45) is 0.792. The molecule has 1 rings (SSSR count). The quantitative estimate of drug-likeness (QED) is 0.703. The number of anilines is 1. The van der Waals surface area contributed by atoms with E-state index in [1.54, 1.807) is 11.9 Å². The van der Waals surface area contributed by atoms with Crippen LogP contribution in [0.2, 0.25) is 0 Å². The summed E-state index contributed by atoms with van der Waals surface area (Å²) < 4.78 is 0. The summed E-state index contributed by atoms with van der Waals surface area (Å²) in [5.41, 5.74) is 2.87. The minimum Gasteiger partial charge on any atom is -0.338 e. The Hall–Kier alpha value is -2.41. The number of amides is 4. The number of hydrogen-bond donors (Lipinski definition) is 3. The Bertz CT molecular complexity index is 601. The molecule has 0 unspecified atom stereocenters. The molecule has 4 amide bonds. The summed E-state index contributed by atoms with van der Waals surface area (Å²) in [4.78, 5) is 36.7. The molecule has 7 heteroatoms. The lowest BCUT2D eigenvalue weighted by Crippen LogP contribution is -2.45. The van der Waals surface area contributed by atoms with Crippen LogP contribution in [0.15, 0.2) is 18.2 Å². The van der Waals surface area contributed by atoms with Crippen molar-refractivity contribution in [3.63, 3.8) is 0 Å². The second-order valence-electron chi connectivity index (χ2n) is 5.77. The van der Waals surface area contributed by atoms with Crippen LogP contribution in [0.5, 0.6) is 0 Å². The molecule has 0 saturated heterocycles. The zero-order chi connectivity index (χ0) is 18.1. The van der Waals surface area contributed by atoms with Crippen molar-refractivity contribution in [1.29, 1.82) is 0 Å². The molecule has 1 aromatic rings. The van der Waals surface area contributed by atoms with Crippen LogP contribution in [0.1, 0.15) is 24.5 Å². The fraction of sp³-hybridized carbons (Fsp3) is 0.471. The fourth-order valence-electron chi connectivity index (χ4n) is 2.07. The summed E-state index contributed by atoms with van der Waals surface area (Å²) in [5, 5.41) is 7.61. The van der Waals surface area contributed by atoms with E-state index in [1.165, 1.54) is 0 Å². The number of aryl methyl sites for hydroxylation is 1. The van der Waals surface area contributed by atoms with Gasteiger partial charge in [0.1, 0.15) is 0 Å². The molecule has 1 aromatic carbocycles. The average molecular weight is 334 g/mol. The number of imide groups is 1. The van der Waals surface area contributed by atoms with E-state index in [2.05, 4.69) is 16.0 Å². The molecule has 24 heavy (non-hydrogen) atoms. The van der Waals surface area contributed by atoms with Gasteiger partial charge in [0.15, 0.2) is 0 Å². The molecule has 0 heterocycles. The van der Waals surface area contributed by atoms with E-state index in [0.29, 0.717) is 6.54 Å². The second-order valence-corrected chi connectivity index (χ2v) is 5.77. The van der Waals surface area contributed by atoms with Gasteiger partial charge in [-0.1, -0.05) is 19.1 Å². The van der Waals surface area contributed by atoms with E-state index in [0.717, 1.165) is 23.2 Å². The molecule has 0 aromatic heterocycles. The fourth-order valence-corrected chi connectivity index (χ4v) is 2.07. The summed E-state index contributed by atoms with van der Waals surface area (Å²) in [7, 11) is 1.65. The van der Waals surface area contributed by atoms with Crippen LogP contribution in [0.3, 0.4) is 0 Å². The van der Waals surface area contributed by atoms with Gasteiger partial charge >= 0.3 is 6.03 Å². The Labute approximate surface area is 142 Å². The molecule has 3 N–H and O–H groups in total. The second kappa shape index (κ2) is 9.67. The summed E-state index contributed by atoms with van der Waals surface area (Å²) >= 11 is 0. The lowest BCUT2D eigenvalue weighted by atomic mass is 10.1. The van der Waals surface area contributed by atoms with E-state index in [9.17, 15) is 14.4 Å².